The molecule has 0 bridgehead atoms. The van der Waals surface area contributed by atoms with Gasteiger partial charge in [0, 0.05) is 33.2 Å². The van der Waals surface area contributed by atoms with Gasteiger partial charge in [-0.1, -0.05) is 115 Å². The fourth-order valence-corrected chi connectivity index (χ4v) is 6.92. The molecule has 0 aliphatic carbocycles. The van der Waals surface area contributed by atoms with Crippen LogP contribution in [0.1, 0.15) is 0 Å². The van der Waals surface area contributed by atoms with Gasteiger partial charge < -0.3 is 14.0 Å². The van der Waals surface area contributed by atoms with Gasteiger partial charge in [-0.05, 0) is 59.3 Å². The summed E-state index contributed by atoms with van der Waals surface area (Å²) in [6, 6.07) is 56.0. The van der Waals surface area contributed by atoms with Crippen molar-refractivity contribution in [1.29, 1.82) is 0 Å². The van der Waals surface area contributed by atoms with Crippen molar-refractivity contribution < 1.29 is 9.47 Å². The van der Waals surface area contributed by atoms with Crippen LogP contribution in [0.5, 0.6) is 23.0 Å². The van der Waals surface area contributed by atoms with E-state index < -0.39 is 0 Å². The Hall–Kier alpha value is -6.72. The van der Waals surface area contributed by atoms with Crippen LogP contribution in [0.2, 0.25) is 0 Å². The minimum atomic E-state index is 0.685. The van der Waals surface area contributed by atoms with Crippen LogP contribution in [0, 0.1) is 0 Å². The van der Waals surface area contributed by atoms with Crippen molar-refractivity contribution in [1.82, 2.24) is 14.5 Å². The van der Waals surface area contributed by atoms with Crippen LogP contribution < -0.4 is 9.47 Å². The first-order chi connectivity index (χ1) is 24.3. The molecule has 49 heavy (non-hydrogen) atoms. The Morgan fingerprint density at radius 1 is 0.429 bits per heavy atom. The first-order valence-corrected chi connectivity index (χ1v) is 16.3. The first kappa shape index (κ1) is 27.4. The van der Waals surface area contributed by atoms with E-state index >= 15 is 0 Å². The predicted octanol–water partition coefficient (Wildman–Crippen LogP) is 11.6. The molecule has 230 valence electrons. The quantitative estimate of drug-likeness (QED) is 0.194. The Morgan fingerprint density at radius 3 is 1.84 bits per heavy atom. The molecular weight excluding hydrogens is 603 g/mol. The van der Waals surface area contributed by atoms with Gasteiger partial charge in [-0.2, -0.15) is 0 Å². The minimum absolute atomic E-state index is 0.685. The van der Waals surface area contributed by atoms with Gasteiger partial charge in [0.05, 0.1) is 16.9 Å². The number of para-hydroxylation sites is 1. The van der Waals surface area contributed by atoms with Crippen LogP contribution in [0.25, 0.3) is 72.2 Å². The number of aromatic nitrogens is 3. The molecule has 0 radical (unpaired) electrons. The molecule has 10 rings (SSSR count). The van der Waals surface area contributed by atoms with Gasteiger partial charge in [-0.3, -0.25) is 0 Å². The summed E-state index contributed by atoms with van der Waals surface area (Å²) in [5.74, 6) is 3.48. The minimum Gasteiger partial charge on any atom is -0.449 e. The van der Waals surface area contributed by atoms with E-state index in [0.29, 0.717) is 28.8 Å². The molecule has 1 aliphatic rings. The molecule has 7 aromatic carbocycles. The third kappa shape index (κ3) is 4.55. The maximum absolute atomic E-state index is 6.77. The van der Waals surface area contributed by atoms with E-state index in [1.54, 1.807) is 0 Å². The zero-order chi connectivity index (χ0) is 32.3. The number of fused-ring (bicyclic) bond motifs is 7. The molecule has 5 heteroatoms. The number of rotatable bonds is 4. The highest BCUT2D eigenvalue weighted by molar-refractivity contribution is 6.12. The average molecular weight is 630 g/mol. The SMILES string of the molecule is c1ccc(-c2cc(-c3cccc(-n4c5ccccc5c5ccc6c(c54)Oc4cc5ccccc5cc4O6)c3)nc(-c3ccccc3)n2)cc1. The van der Waals surface area contributed by atoms with Crippen LogP contribution in [0.3, 0.4) is 0 Å². The number of ether oxygens (including phenoxy) is 2. The average Bonchev–Trinajstić information content (AvgIpc) is 3.52. The molecule has 1 aliphatic heterocycles. The highest BCUT2D eigenvalue weighted by atomic mass is 16.6. The van der Waals surface area contributed by atoms with Crippen LogP contribution in [-0.4, -0.2) is 14.5 Å². The van der Waals surface area contributed by atoms with E-state index in [4.69, 9.17) is 19.4 Å². The number of hydrogen-bond acceptors (Lipinski definition) is 4. The zero-order valence-electron chi connectivity index (χ0n) is 26.2. The lowest BCUT2D eigenvalue weighted by Crippen LogP contribution is -2.02. The van der Waals surface area contributed by atoms with E-state index in [0.717, 1.165) is 66.3 Å². The first-order valence-electron chi connectivity index (χ1n) is 16.3. The standard InChI is InChI=1S/C44H27N3O2/c1-3-12-28(13-4-1)36-27-37(46-44(45-36)29-14-5-2-6-15-29)32-18-11-19-33(24-32)47-38-21-10-9-20-34(38)35-22-23-39-43(42(35)47)49-41-26-31-17-8-7-16-30(31)25-40(41)48-39/h1-27H. The van der Waals surface area contributed by atoms with Gasteiger partial charge in [0.1, 0.15) is 5.52 Å². The second-order valence-electron chi connectivity index (χ2n) is 12.2. The Kier molecular flexibility index (Phi) is 6.11. The Morgan fingerprint density at radius 2 is 1.06 bits per heavy atom. The summed E-state index contributed by atoms with van der Waals surface area (Å²) >= 11 is 0. The molecule has 2 aromatic heterocycles. The molecule has 0 spiro atoms. The Balaban J connectivity index is 1.17. The Bertz CT molecular complexity index is 2660. The van der Waals surface area contributed by atoms with Crippen LogP contribution in [0.4, 0.5) is 0 Å². The molecule has 0 fully saturated rings. The fraction of sp³-hybridized carbons (Fsp3) is 0. The highest BCUT2D eigenvalue weighted by Crippen LogP contribution is 2.51. The van der Waals surface area contributed by atoms with Crippen LogP contribution in [0.15, 0.2) is 164 Å². The van der Waals surface area contributed by atoms with Crippen molar-refractivity contribution in [3.63, 3.8) is 0 Å². The highest BCUT2D eigenvalue weighted by Gasteiger charge is 2.26. The predicted molar refractivity (Wildman–Crippen MR) is 197 cm³/mol. The van der Waals surface area contributed by atoms with E-state index in [9.17, 15) is 0 Å². The topological polar surface area (TPSA) is 49.2 Å². The molecular formula is C44H27N3O2. The molecule has 0 atom stereocenters. The molecule has 0 saturated carbocycles. The number of hydrogen-bond donors (Lipinski definition) is 0. The maximum Gasteiger partial charge on any atom is 0.194 e. The van der Waals surface area contributed by atoms with Gasteiger partial charge in [0.2, 0.25) is 0 Å². The molecule has 0 saturated heterocycles. The fourth-order valence-electron chi connectivity index (χ4n) is 6.92. The van der Waals surface area contributed by atoms with Gasteiger partial charge in [0.25, 0.3) is 0 Å². The van der Waals surface area contributed by atoms with Gasteiger partial charge in [-0.25, -0.2) is 9.97 Å². The maximum atomic E-state index is 6.77. The molecule has 9 aromatic rings. The molecule has 0 amide bonds. The van der Waals surface area contributed by atoms with Crippen molar-refractivity contribution in [2.75, 3.05) is 0 Å². The summed E-state index contributed by atoms with van der Waals surface area (Å²) in [4.78, 5) is 10.1. The summed E-state index contributed by atoms with van der Waals surface area (Å²) in [7, 11) is 0. The third-order valence-electron chi connectivity index (χ3n) is 9.23. The van der Waals surface area contributed by atoms with Crippen molar-refractivity contribution in [3.05, 3.63) is 164 Å². The molecule has 0 unspecified atom stereocenters. The zero-order valence-corrected chi connectivity index (χ0v) is 26.2. The van der Waals surface area contributed by atoms with E-state index in [1.807, 2.05) is 60.7 Å². The monoisotopic (exact) mass is 629 g/mol. The third-order valence-corrected chi connectivity index (χ3v) is 9.23. The second-order valence-corrected chi connectivity index (χ2v) is 12.2. The van der Waals surface area contributed by atoms with Crippen molar-refractivity contribution in [3.8, 4) is 62.6 Å². The largest absolute Gasteiger partial charge is 0.449 e. The lowest BCUT2D eigenvalue weighted by atomic mass is 10.1. The van der Waals surface area contributed by atoms with Crippen molar-refractivity contribution in [2.24, 2.45) is 0 Å². The summed E-state index contributed by atoms with van der Waals surface area (Å²) in [5.41, 5.74) is 7.73. The molecule has 0 N–H and O–H groups in total. The Labute approximate surface area is 282 Å². The number of benzene rings is 7. The van der Waals surface area contributed by atoms with E-state index in [-0.39, 0.29) is 0 Å². The van der Waals surface area contributed by atoms with Crippen molar-refractivity contribution >= 4 is 32.6 Å². The van der Waals surface area contributed by atoms with E-state index in [1.165, 1.54) is 0 Å². The molecule has 5 nitrogen and oxygen atoms in total. The second kappa shape index (κ2) is 10.9. The smallest absolute Gasteiger partial charge is 0.194 e. The van der Waals surface area contributed by atoms with Gasteiger partial charge in [0.15, 0.2) is 28.8 Å². The molecule has 3 heterocycles. The number of nitrogens with zero attached hydrogens (tertiary/aromatic N) is 3. The summed E-state index contributed by atoms with van der Waals surface area (Å²) in [6.45, 7) is 0. The van der Waals surface area contributed by atoms with Gasteiger partial charge in [-0.15, -0.1) is 0 Å². The lowest BCUT2D eigenvalue weighted by Gasteiger charge is -2.23. The van der Waals surface area contributed by atoms with Crippen LogP contribution in [-0.2, 0) is 0 Å². The van der Waals surface area contributed by atoms with Crippen LogP contribution >= 0.6 is 0 Å². The summed E-state index contributed by atoms with van der Waals surface area (Å²) in [5, 5.41) is 4.44. The lowest BCUT2D eigenvalue weighted by molar-refractivity contribution is 0.363. The van der Waals surface area contributed by atoms with E-state index in [2.05, 4.69) is 108 Å². The van der Waals surface area contributed by atoms with Crippen molar-refractivity contribution in [2.45, 2.75) is 0 Å². The summed E-state index contributed by atoms with van der Waals surface area (Å²) in [6.07, 6.45) is 0. The normalized spacial score (nSPS) is 12.0. The summed E-state index contributed by atoms with van der Waals surface area (Å²) < 4.78 is 15.6. The van der Waals surface area contributed by atoms with Gasteiger partial charge >= 0.3 is 0 Å².